The summed E-state index contributed by atoms with van der Waals surface area (Å²) in [5.41, 5.74) is -1.40. The first-order chi connectivity index (χ1) is 8.30. The standard InChI is InChI=1S/C9H8F5NO3/c1-17-6-4(8(10)11)2-15-5(3-16)7(6)18-9(12,13)14/h2,8,16H,3H2,1H3. The van der Waals surface area contributed by atoms with Gasteiger partial charge in [0.05, 0.1) is 19.3 Å². The number of hydrogen-bond donors (Lipinski definition) is 1. The summed E-state index contributed by atoms with van der Waals surface area (Å²) in [5.74, 6) is -1.87. The van der Waals surface area contributed by atoms with Crippen molar-refractivity contribution in [2.45, 2.75) is 19.4 Å². The molecule has 4 nitrogen and oxygen atoms in total. The molecule has 0 amide bonds. The van der Waals surface area contributed by atoms with E-state index in [1.54, 1.807) is 0 Å². The van der Waals surface area contributed by atoms with Gasteiger partial charge in [-0.2, -0.15) is 0 Å². The summed E-state index contributed by atoms with van der Waals surface area (Å²) < 4.78 is 69.5. The molecule has 18 heavy (non-hydrogen) atoms. The molecule has 0 bridgehead atoms. The lowest BCUT2D eigenvalue weighted by atomic mass is 10.2. The van der Waals surface area contributed by atoms with Gasteiger partial charge in [0.1, 0.15) is 5.69 Å². The minimum atomic E-state index is -5.11. The number of halogens is 5. The van der Waals surface area contributed by atoms with Crippen molar-refractivity contribution in [1.29, 1.82) is 0 Å². The molecule has 0 saturated carbocycles. The Morgan fingerprint density at radius 3 is 2.33 bits per heavy atom. The maximum Gasteiger partial charge on any atom is 0.573 e. The fraction of sp³-hybridized carbons (Fsp3) is 0.444. The van der Waals surface area contributed by atoms with Crippen LogP contribution in [0.1, 0.15) is 17.7 Å². The maximum atomic E-state index is 12.5. The summed E-state index contributed by atoms with van der Waals surface area (Å²) in [5, 5.41) is 8.81. The fourth-order valence-corrected chi connectivity index (χ4v) is 1.23. The number of ether oxygens (including phenoxy) is 2. The second-order valence-corrected chi connectivity index (χ2v) is 3.03. The molecule has 102 valence electrons. The third-order valence-corrected chi connectivity index (χ3v) is 1.90. The van der Waals surface area contributed by atoms with Crippen molar-refractivity contribution >= 4 is 0 Å². The Hall–Kier alpha value is -1.64. The molecule has 0 fully saturated rings. The maximum absolute atomic E-state index is 12.5. The van der Waals surface area contributed by atoms with E-state index < -0.39 is 42.2 Å². The Bertz CT molecular complexity index is 421. The summed E-state index contributed by atoms with van der Waals surface area (Å²) >= 11 is 0. The normalized spacial score (nSPS) is 11.8. The summed E-state index contributed by atoms with van der Waals surface area (Å²) in [6.45, 7) is -0.911. The molecule has 0 unspecified atom stereocenters. The van der Waals surface area contributed by atoms with Crippen molar-refractivity contribution in [3.63, 3.8) is 0 Å². The van der Waals surface area contributed by atoms with Crippen LogP contribution in [0.5, 0.6) is 11.5 Å². The first kappa shape index (κ1) is 14.4. The van der Waals surface area contributed by atoms with Gasteiger partial charge in [-0.3, -0.25) is 4.98 Å². The molecular weight excluding hydrogens is 265 g/mol. The number of pyridine rings is 1. The summed E-state index contributed by atoms with van der Waals surface area (Å²) in [7, 11) is 0.908. The number of nitrogens with zero attached hydrogens (tertiary/aromatic N) is 1. The Kier molecular flexibility index (Phi) is 4.28. The number of methoxy groups -OCH3 is 1. The zero-order chi connectivity index (χ0) is 13.9. The predicted octanol–water partition coefficient (Wildman–Crippen LogP) is 2.42. The molecule has 0 aliphatic carbocycles. The third-order valence-electron chi connectivity index (χ3n) is 1.90. The molecule has 0 aliphatic heterocycles. The van der Waals surface area contributed by atoms with Gasteiger partial charge in [-0.25, -0.2) is 8.78 Å². The number of aliphatic hydroxyl groups is 1. The number of aliphatic hydroxyl groups excluding tert-OH is 1. The minimum Gasteiger partial charge on any atom is -0.492 e. The lowest BCUT2D eigenvalue weighted by Gasteiger charge is -2.17. The van der Waals surface area contributed by atoms with E-state index in [9.17, 15) is 22.0 Å². The van der Waals surface area contributed by atoms with E-state index in [2.05, 4.69) is 14.5 Å². The van der Waals surface area contributed by atoms with Crippen molar-refractivity contribution in [2.24, 2.45) is 0 Å². The predicted molar refractivity (Wildman–Crippen MR) is 48.4 cm³/mol. The molecule has 0 atom stereocenters. The highest BCUT2D eigenvalue weighted by atomic mass is 19.4. The van der Waals surface area contributed by atoms with Gasteiger partial charge in [0, 0.05) is 6.20 Å². The van der Waals surface area contributed by atoms with Gasteiger partial charge >= 0.3 is 6.36 Å². The Labute approximate surface area is 98.0 Å². The average molecular weight is 273 g/mol. The van der Waals surface area contributed by atoms with Crippen molar-refractivity contribution in [3.05, 3.63) is 17.5 Å². The highest BCUT2D eigenvalue weighted by Gasteiger charge is 2.35. The first-order valence-corrected chi connectivity index (χ1v) is 4.50. The van der Waals surface area contributed by atoms with E-state index >= 15 is 0 Å². The molecule has 1 aromatic heterocycles. The zero-order valence-electron chi connectivity index (χ0n) is 8.96. The molecule has 0 spiro atoms. The second-order valence-electron chi connectivity index (χ2n) is 3.03. The van der Waals surface area contributed by atoms with Gasteiger partial charge < -0.3 is 14.6 Å². The van der Waals surface area contributed by atoms with Crippen LogP contribution in [0.25, 0.3) is 0 Å². The van der Waals surface area contributed by atoms with E-state index in [0.717, 1.165) is 7.11 Å². The number of aromatic nitrogens is 1. The number of rotatable bonds is 4. The molecule has 0 aromatic carbocycles. The van der Waals surface area contributed by atoms with Gasteiger partial charge in [0.25, 0.3) is 6.43 Å². The smallest absolute Gasteiger partial charge is 0.492 e. The lowest BCUT2D eigenvalue weighted by molar-refractivity contribution is -0.275. The molecule has 1 N–H and O–H groups in total. The summed E-state index contributed by atoms with van der Waals surface area (Å²) in [6.07, 6.45) is -7.58. The first-order valence-electron chi connectivity index (χ1n) is 4.50. The molecule has 1 heterocycles. The Balaban J connectivity index is 3.37. The Morgan fingerprint density at radius 1 is 1.33 bits per heavy atom. The van der Waals surface area contributed by atoms with Crippen molar-refractivity contribution < 1.29 is 36.5 Å². The van der Waals surface area contributed by atoms with E-state index in [0.29, 0.717) is 6.20 Å². The van der Waals surface area contributed by atoms with Crippen LogP contribution < -0.4 is 9.47 Å². The van der Waals surface area contributed by atoms with E-state index in [-0.39, 0.29) is 0 Å². The fourth-order valence-electron chi connectivity index (χ4n) is 1.23. The van der Waals surface area contributed by atoms with E-state index in [1.807, 2.05) is 0 Å². The van der Waals surface area contributed by atoms with Crippen LogP contribution >= 0.6 is 0 Å². The van der Waals surface area contributed by atoms with Crippen molar-refractivity contribution in [1.82, 2.24) is 4.98 Å². The molecule has 0 saturated heterocycles. The molecule has 0 aliphatic rings. The molecule has 9 heteroatoms. The van der Waals surface area contributed by atoms with Crippen LogP contribution in [-0.4, -0.2) is 23.6 Å². The molecule has 0 radical (unpaired) electrons. The third kappa shape index (κ3) is 3.19. The number of alkyl halides is 5. The average Bonchev–Trinajstić information content (AvgIpc) is 2.26. The van der Waals surface area contributed by atoms with Gasteiger partial charge in [-0.15, -0.1) is 13.2 Å². The van der Waals surface area contributed by atoms with Crippen LogP contribution in [0.3, 0.4) is 0 Å². The van der Waals surface area contributed by atoms with E-state index in [4.69, 9.17) is 5.11 Å². The highest BCUT2D eigenvalue weighted by Crippen LogP contribution is 2.40. The van der Waals surface area contributed by atoms with Gasteiger partial charge in [0.2, 0.25) is 0 Å². The largest absolute Gasteiger partial charge is 0.573 e. The SMILES string of the molecule is COc1c(C(F)F)cnc(CO)c1OC(F)(F)F. The summed E-state index contributed by atoms with van der Waals surface area (Å²) in [4.78, 5) is 3.28. The lowest BCUT2D eigenvalue weighted by Crippen LogP contribution is -2.19. The number of hydrogen-bond acceptors (Lipinski definition) is 4. The van der Waals surface area contributed by atoms with Gasteiger partial charge in [-0.05, 0) is 0 Å². The highest BCUT2D eigenvalue weighted by molar-refractivity contribution is 5.49. The van der Waals surface area contributed by atoms with Crippen LogP contribution in [-0.2, 0) is 6.61 Å². The quantitative estimate of drug-likeness (QED) is 0.856. The molecule has 1 aromatic rings. The minimum absolute atomic E-state index is 0.548. The topological polar surface area (TPSA) is 51.6 Å². The van der Waals surface area contributed by atoms with Crippen molar-refractivity contribution in [3.8, 4) is 11.5 Å². The summed E-state index contributed by atoms with van der Waals surface area (Å²) in [6, 6.07) is 0. The zero-order valence-corrected chi connectivity index (χ0v) is 8.96. The molecular formula is C9H8F5NO3. The van der Waals surface area contributed by atoms with Gasteiger partial charge in [0.15, 0.2) is 11.5 Å². The van der Waals surface area contributed by atoms with Crippen LogP contribution in [0.4, 0.5) is 22.0 Å². The Morgan fingerprint density at radius 2 is 1.94 bits per heavy atom. The van der Waals surface area contributed by atoms with E-state index in [1.165, 1.54) is 0 Å². The monoisotopic (exact) mass is 273 g/mol. The second kappa shape index (κ2) is 5.34. The van der Waals surface area contributed by atoms with Crippen LogP contribution in [0.15, 0.2) is 6.20 Å². The van der Waals surface area contributed by atoms with Crippen molar-refractivity contribution in [2.75, 3.05) is 7.11 Å². The molecule has 1 rings (SSSR count). The van der Waals surface area contributed by atoms with Crippen LogP contribution in [0.2, 0.25) is 0 Å². The van der Waals surface area contributed by atoms with Crippen LogP contribution in [0, 0.1) is 0 Å². The van der Waals surface area contributed by atoms with Gasteiger partial charge in [-0.1, -0.05) is 0 Å².